The Morgan fingerprint density at radius 1 is 0.724 bits per heavy atom. The van der Waals surface area contributed by atoms with Crippen molar-refractivity contribution >= 4 is 0 Å². The van der Waals surface area contributed by atoms with Gasteiger partial charge in [-0.2, -0.15) is 22.0 Å². The average molecular weight is 412 g/mol. The summed E-state index contributed by atoms with van der Waals surface area (Å²) in [5, 5.41) is 9.18. The molecule has 8 heteroatoms. The van der Waals surface area contributed by atoms with Gasteiger partial charge in [-0.25, -0.2) is 4.39 Å². The number of aliphatic hydroxyl groups excluding tert-OH is 1. The maximum atomic E-state index is 14.5. The van der Waals surface area contributed by atoms with Crippen LogP contribution in [0, 0.1) is 5.82 Å². The first-order valence-electron chi connectivity index (χ1n) is 8.34. The fraction of sp³-hybridized carbons (Fsp3) is 0.143. The van der Waals surface area contributed by atoms with Crippen molar-refractivity contribution in [1.29, 1.82) is 0 Å². The van der Waals surface area contributed by atoms with Crippen LogP contribution in [0.25, 0.3) is 11.1 Å². The quantitative estimate of drug-likeness (QED) is 0.511. The van der Waals surface area contributed by atoms with Gasteiger partial charge in [-0.3, -0.25) is 0 Å². The van der Waals surface area contributed by atoms with E-state index in [9.17, 15) is 31.4 Å². The van der Waals surface area contributed by atoms with Crippen LogP contribution in [0.3, 0.4) is 0 Å². The van der Waals surface area contributed by atoms with Gasteiger partial charge in [0.15, 0.2) is 0 Å². The monoisotopic (exact) mass is 412 g/mol. The van der Waals surface area contributed by atoms with E-state index in [1.165, 1.54) is 24.3 Å². The molecule has 0 spiro atoms. The second-order valence-corrected chi connectivity index (χ2v) is 6.18. The Morgan fingerprint density at radius 2 is 1.24 bits per heavy atom. The van der Waals surface area contributed by atoms with Crippen LogP contribution in [0.2, 0.25) is 0 Å². The first kappa shape index (κ1) is 20.7. The molecule has 0 saturated heterocycles. The molecule has 3 rings (SSSR count). The Bertz CT molecular complexity index is 980. The molecule has 0 bridgehead atoms. The Hall–Kier alpha value is -3.00. The molecule has 29 heavy (non-hydrogen) atoms. The highest BCUT2D eigenvalue weighted by Crippen LogP contribution is 2.35. The number of hydrogen-bond donors (Lipinski definition) is 1. The van der Waals surface area contributed by atoms with Gasteiger partial charge in [-0.05, 0) is 53.6 Å². The predicted molar refractivity (Wildman–Crippen MR) is 93.7 cm³/mol. The highest BCUT2D eigenvalue weighted by Gasteiger charge is 2.35. The minimum atomic E-state index is -4.46. The SMILES string of the molecule is OCc1cc(F)ccc1OC(F)(F)c1ccc(-c2ccc(C(F)(F)F)cc2)cc1. The zero-order chi connectivity index (χ0) is 21.2. The summed E-state index contributed by atoms with van der Waals surface area (Å²) < 4.78 is 84.6. The van der Waals surface area contributed by atoms with Gasteiger partial charge in [0.2, 0.25) is 0 Å². The lowest BCUT2D eigenvalue weighted by molar-refractivity contribution is -0.186. The van der Waals surface area contributed by atoms with Gasteiger partial charge in [-0.1, -0.05) is 24.3 Å². The lowest BCUT2D eigenvalue weighted by atomic mass is 10.0. The van der Waals surface area contributed by atoms with Crippen LogP contribution in [-0.4, -0.2) is 5.11 Å². The van der Waals surface area contributed by atoms with E-state index in [2.05, 4.69) is 4.74 Å². The molecule has 0 aliphatic rings. The Labute approximate surface area is 162 Å². The normalized spacial score (nSPS) is 12.1. The molecule has 0 heterocycles. The molecule has 0 amide bonds. The molecule has 0 radical (unpaired) electrons. The lowest BCUT2D eigenvalue weighted by Crippen LogP contribution is -2.22. The second kappa shape index (κ2) is 7.79. The predicted octanol–water partition coefficient (Wildman–Crippen LogP) is 6.13. The van der Waals surface area contributed by atoms with E-state index in [1.807, 2.05) is 0 Å². The molecule has 2 nitrogen and oxygen atoms in total. The third-order valence-electron chi connectivity index (χ3n) is 4.20. The fourth-order valence-corrected chi connectivity index (χ4v) is 2.68. The van der Waals surface area contributed by atoms with Crippen LogP contribution in [0.1, 0.15) is 16.7 Å². The van der Waals surface area contributed by atoms with Crippen molar-refractivity contribution in [2.24, 2.45) is 0 Å². The van der Waals surface area contributed by atoms with Gasteiger partial charge < -0.3 is 9.84 Å². The highest BCUT2D eigenvalue weighted by atomic mass is 19.4. The number of alkyl halides is 5. The third-order valence-corrected chi connectivity index (χ3v) is 4.20. The standard InChI is InChI=1S/C21H14F6O2/c22-18-9-10-19(15(11-18)12-28)29-21(26,27)17-7-3-14(4-8-17)13-1-5-16(6-2-13)20(23,24)25/h1-11,28H,12H2. The van der Waals surface area contributed by atoms with Gasteiger partial charge in [0.25, 0.3) is 0 Å². The number of ether oxygens (including phenoxy) is 1. The molecule has 0 fully saturated rings. The van der Waals surface area contributed by atoms with Crippen LogP contribution in [-0.2, 0) is 18.9 Å². The lowest BCUT2D eigenvalue weighted by Gasteiger charge is -2.20. The summed E-state index contributed by atoms with van der Waals surface area (Å²) in [7, 11) is 0. The van der Waals surface area contributed by atoms with Crippen molar-refractivity contribution in [3.63, 3.8) is 0 Å². The molecule has 0 aliphatic heterocycles. The molecular weight excluding hydrogens is 398 g/mol. The van der Waals surface area contributed by atoms with E-state index < -0.39 is 35.8 Å². The van der Waals surface area contributed by atoms with Crippen molar-refractivity contribution in [2.75, 3.05) is 0 Å². The van der Waals surface area contributed by atoms with E-state index in [0.717, 1.165) is 42.5 Å². The first-order valence-corrected chi connectivity index (χ1v) is 8.34. The van der Waals surface area contributed by atoms with Crippen molar-refractivity contribution in [1.82, 2.24) is 0 Å². The first-order chi connectivity index (χ1) is 13.6. The Balaban J connectivity index is 1.82. The summed E-state index contributed by atoms with van der Waals surface area (Å²) in [5.41, 5.74) is -0.588. The molecule has 3 aromatic carbocycles. The fourth-order valence-electron chi connectivity index (χ4n) is 2.68. The summed E-state index contributed by atoms with van der Waals surface area (Å²) in [6.07, 6.45) is -8.24. The van der Waals surface area contributed by atoms with Crippen molar-refractivity contribution in [2.45, 2.75) is 18.9 Å². The summed E-state index contributed by atoms with van der Waals surface area (Å²) in [6, 6.07) is 11.9. The number of rotatable bonds is 5. The largest absolute Gasteiger partial charge is 0.429 e. The van der Waals surface area contributed by atoms with Crippen molar-refractivity contribution in [3.8, 4) is 16.9 Å². The van der Waals surface area contributed by atoms with Crippen molar-refractivity contribution < 1.29 is 36.2 Å². The van der Waals surface area contributed by atoms with Crippen molar-refractivity contribution in [3.05, 3.63) is 89.2 Å². The molecule has 0 aromatic heterocycles. The minimum absolute atomic E-state index is 0.133. The molecule has 0 aliphatic carbocycles. The zero-order valence-corrected chi connectivity index (χ0v) is 14.7. The number of hydrogen-bond acceptors (Lipinski definition) is 2. The molecule has 0 atom stereocenters. The molecule has 3 aromatic rings. The van der Waals surface area contributed by atoms with E-state index in [0.29, 0.717) is 11.1 Å². The van der Waals surface area contributed by atoms with Gasteiger partial charge in [0.05, 0.1) is 17.7 Å². The van der Waals surface area contributed by atoms with E-state index in [4.69, 9.17) is 0 Å². The highest BCUT2D eigenvalue weighted by molar-refractivity contribution is 5.64. The summed E-state index contributed by atoms with van der Waals surface area (Å²) in [5.74, 6) is -1.07. The van der Waals surface area contributed by atoms with Gasteiger partial charge >= 0.3 is 12.3 Å². The average Bonchev–Trinajstić information content (AvgIpc) is 2.69. The van der Waals surface area contributed by atoms with Crippen LogP contribution in [0.4, 0.5) is 26.3 Å². The summed E-state index contributed by atoms with van der Waals surface area (Å²) >= 11 is 0. The van der Waals surface area contributed by atoms with Crippen LogP contribution in [0.15, 0.2) is 66.7 Å². The smallest absolute Gasteiger partial charge is 0.426 e. The molecule has 152 valence electrons. The third kappa shape index (κ3) is 4.71. The molecular formula is C21H14F6O2. The molecule has 0 unspecified atom stereocenters. The number of benzene rings is 3. The van der Waals surface area contributed by atoms with Gasteiger partial charge in [-0.15, -0.1) is 0 Å². The molecule has 0 saturated carbocycles. The molecule has 1 N–H and O–H groups in total. The Morgan fingerprint density at radius 3 is 1.72 bits per heavy atom. The summed E-state index contributed by atoms with van der Waals surface area (Å²) in [6.45, 7) is -0.684. The summed E-state index contributed by atoms with van der Waals surface area (Å²) in [4.78, 5) is 0. The van der Waals surface area contributed by atoms with Gasteiger partial charge in [0.1, 0.15) is 11.6 Å². The van der Waals surface area contributed by atoms with Crippen LogP contribution in [0.5, 0.6) is 5.75 Å². The van der Waals surface area contributed by atoms with E-state index >= 15 is 0 Å². The topological polar surface area (TPSA) is 29.5 Å². The van der Waals surface area contributed by atoms with Crippen LogP contribution >= 0.6 is 0 Å². The number of halogens is 6. The zero-order valence-electron chi connectivity index (χ0n) is 14.7. The maximum Gasteiger partial charge on any atom is 0.426 e. The Kier molecular flexibility index (Phi) is 5.57. The van der Waals surface area contributed by atoms with Crippen LogP contribution < -0.4 is 4.74 Å². The number of aliphatic hydroxyl groups is 1. The second-order valence-electron chi connectivity index (χ2n) is 6.18. The van der Waals surface area contributed by atoms with E-state index in [1.54, 1.807) is 0 Å². The van der Waals surface area contributed by atoms with E-state index in [-0.39, 0.29) is 11.3 Å². The maximum absolute atomic E-state index is 14.5. The minimum Gasteiger partial charge on any atom is -0.429 e. The van der Waals surface area contributed by atoms with Gasteiger partial charge in [0, 0.05) is 5.56 Å².